The van der Waals surface area contributed by atoms with Crippen LogP contribution < -0.4 is 0 Å². The number of aromatic amines is 1. The normalized spacial score (nSPS) is 16.6. The van der Waals surface area contributed by atoms with Crippen molar-refractivity contribution in [3.8, 4) is 17.1 Å². The quantitative estimate of drug-likeness (QED) is 0.819. The Labute approximate surface area is 117 Å². The summed E-state index contributed by atoms with van der Waals surface area (Å²) >= 11 is 5.37. The summed E-state index contributed by atoms with van der Waals surface area (Å²) in [5.74, 6) is 1.14. The van der Waals surface area contributed by atoms with Crippen LogP contribution in [0.5, 0.6) is 5.75 Å². The number of rotatable bonds is 2. The van der Waals surface area contributed by atoms with Crippen molar-refractivity contribution in [1.29, 1.82) is 0 Å². The van der Waals surface area contributed by atoms with Gasteiger partial charge >= 0.3 is 0 Å². The maximum atomic E-state index is 9.37. The average Bonchev–Trinajstić information content (AvgIpc) is 2.82. The molecule has 2 N–H and O–H groups in total. The van der Waals surface area contributed by atoms with Gasteiger partial charge in [0.15, 0.2) is 10.6 Å². The van der Waals surface area contributed by atoms with Crippen LogP contribution in [0.3, 0.4) is 0 Å². The van der Waals surface area contributed by atoms with Gasteiger partial charge in [0.1, 0.15) is 5.75 Å². The van der Waals surface area contributed by atoms with Gasteiger partial charge < -0.3 is 5.11 Å². The first-order valence-corrected chi connectivity index (χ1v) is 7.13. The van der Waals surface area contributed by atoms with Gasteiger partial charge in [0.2, 0.25) is 0 Å². The molecule has 4 nitrogen and oxygen atoms in total. The molecule has 0 atom stereocenters. The summed E-state index contributed by atoms with van der Waals surface area (Å²) < 4.78 is 2.83. The summed E-state index contributed by atoms with van der Waals surface area (Å²) in [5, 5.41) is 16.6. The molecule has 100 valence electrons. The first-order chi connectivity index (χ1) is 9.25. The lowest BCUT2D eigenvalue weighted by atomic mass is 9.95. The number of phenolic OH excluding ortho intramolecular Hbond substituents is 1. The maximum absolute atomic E-state index is 9.37. The Hall–Kier alpha value is -1.62. The van der Waals surface area contributed by atoms with Crippen LogP contribution in [0.15, 0.2) is 24.3 Å². The van der Waals surface area contributed by atoms with Gasteiger partial charge in [-0.25, -0.2) is 0 Å². The van der Waals surface area contributed by atoms with E-state index in [0.717, 1.165) is 11.4 Å². The van der Waals surface area contributed by atoms with Gasteiger partial charge in [-0.15, -0.1) is 0 Å². The topological polar surface area (TPSA) is 53.8 Å². The molecule has 1 fully saturated rings. The van der Waals surface area contributed by atoms with Crippen molar-refractivity contribution in [3.63, 3.8) is 0 Å². The van der Waals surface area contributed by atoms with Gasteiger partial charge in [0, 0.05) is 11.6 Å². The smallest absolute Gasteiger partial charge is 0.195 e. The Bertz CT molecular complexity index is 608. The highest BCUT2D eigenvalue weighted by molar-refractivity contribution is 7.71. The van der Waals surface area contributed by atoms with Crippen LogP contribution in [0.4, 0.5) is 0 Å². The van der Waals surface area contributed by atoms with Crippen LogP contribution in [0.2, 0.25) is 0 Å². The SMILES string of the molecule is Oc1ccc(-c2n[nH]c(=S)n2C2CCCCC2)cc1. The summed E-state index contributed by atoms with van der Waals surface area (Å²) in [4.78, 5) is 0. The van der Waals surface area contributed by atoms with Crippen molar-refractivity contribution < 1.29 is 5.11 Å². The molecule has 3 rings (SSSR count). The van der Waals surface area contributed by atoms with Crippen LogP contribution in [-0.2, 0) is 0 Å². The number of nitrogens with one attached hydrogen (secondary N) is 1. The largest absolute Gasteiger partial charge is 0.508 e. The van der Waals surface area contributed by atoms with Crippen molar-refractivity contribution in [1.82, 2.24) is 14.8 Å². The highest BCUT2D eigenvalue weighted by Crippen LogP contribution is 2.32. The van der Waals surface area contributed by atoms with E-state index in [1.54, 1.807) is 12.1 Å². The number of benzene rings is 1. The van der Waals surface area contributed by atoms with Crippen molar-refractivity contribution in [2.75, 3.05) is 0 Å². The predicted molar refractivity (Wildman–Crippen MR) is 76.6 cm³/mol. The molecule has 0 radical (unpaired) electrons. The number of aromatic hydroxyl groups is 1. The highest BCUT2D eigenvalue weighted by atomic mass is 32.1. The molecule has 1 aromatic heterocycles. The van der Waals surface area contributed by atoms with E-state index in [9.17, 15) is 5.11 Å². The molecule has 0 saturated heterocycles. The summed E-state index contributed by atoms with van der Waals surface area (Å²) in [6.45, 7) is 0. The first kappa shape index (κ1) is 12.4. The van der Waals surface area contributed by atoms with E-state index >= 15 is 0 Å². The van der Waals surface area contributed by atoms with Gasteiger partial charge in [-0.1, -0.05) is 19.3 Å². The summed E-state index contributed by atoms with van der Waals surface area (Å²) in [6.07, 6.45) is 6.16. The van der Waals surface area contributed by atoms with Crippen molar-refractivity contribution >= 4 is 12.2 Å². The van der Waals surface area contributed by atoms with E-state index in [1.807, 2.05) is 12.1 Å². The van der Waals surface area contributed by atoms with Gasteiger partial charge in [-0.05, 0) is 49.3 Å². The van der Waals surface area contributed by atoms with E-state index in [4.69, 9.17) is 12.2 Å². The number of hydrogen-bond acceptors (Lipinski definition) is 3. The lowest BCUT2D eigenvalue weighted by Crippen LogP contribution is -2.14. The van der Waals surface area contributed by atoms with Crippen LogP contribution in [-0.4, -0.2) is 19.9 Å². The molecular weight excluding hydrogens is 258 g/mol. The average molecular weight is 275 g/mol. The highest BCUT2D eigenvalue weighted by Gasteiger charge is 2.20. The Morgan fingerprint density at radius 3 is 2.53 bits per heavy atom. The van der Waals surface area contributed by atoms with Crippen molar-refractivity contribution in [3.05, 3.63) is 29.0 Å². The van der Waals surface area contributed by atoms with E-state index in [0.29, 0.717) is 10.8 Å². The van der Waals surface area contributed by atoms with E-state index in [1.165, 1.54) is 32.1 Å². The molecule has 1 aliphatic carbocycles. The third-order valence-corrected chi connectivity index (χ3v) is 4.06. The summed E-state index contributed by atoms with van der Waals surface area (Å²) in [5.41, 5.74) is 0.982. The maximum Gasteiger partial charge on any atom is 0.195 e. The molecule has 19 heavy (non-hydrogen) atoms. The zero-order chi connectivity index (χ0) is 13.2. The van der Waals surface area contributed by atoms with Crippen molar-refractivity contribution in [2.45, 2.75) is 38.1 Å². The summed E-state index contributed by atoms with van der Waals surface area (Å²) in [7, 11) is 0. The van der Waals surface area contributed by atoms with Crippen LogP contribution in [0, 0.1) is 4.77 Å². The van der Waals surface area contributed by atoms with E-state index in [2.05, 4.69) is 14.8 Å². The number of aromatic nitrogens is 3. The third-order valence-electron chi connectivity index (χ3n) is 3.77. The minimum atomic E-state index is 0.266. The monoisotopic (exact) mass is 275 g/mol. The number of H-pyrrole nitrogens is 1. The number of hydrogen-bond donors (Lipinski definition) is 2. The first-order valence-electron chi connectivity index (χ1n) is 6.72. The molecule has 5 heteroatoms. The second-order valence-corrected chi connectivity index (χ2v) is 5.45. The van der Waals surface area contributed by atoms with E-state index in [-0.39, 0.29) is 5.75 Å². The van der Waals surface area contributed by atoms with Crippen molar-refractivity contribution in [2.24, 2.45) is 0 Å². The molecule has 2 aromatic rings. The molecule has 0 amide bonds. The summed E-state index contributed by atoms with van der Waals surface area (Å²) in [6, 6.07) is 7.55. The van der Waals surface area contributed by atoms with E-state index < -0.39 is 0 Å². The van der Waals surface area contributed by atoms with Gasteiger partial charge in [-0.2, -0.15) is 5.10 Å². The molecule has 0 unspecified atom stereocenters. The molecule has 1 aromatic carbocycles. The molecule has 0 bridgehead atoms. The van der Waals surface area contributed by atoms with Gasteiger partial charge in [0.25, 0.3) is 0 Å². The fourth-order valence-corrected chi connectivity index (χ4v) is 3.08. The van der Waals surface area contributed by atoms with Gasteiger partial charge in [-0.3, -0.25) is 9.67 Å². The second kappa shape index (κ2) is 5.17. The standard InChI is InChI=1S/C14H17N3OS/c18-12-8-6-10(7-9-12)13-15-16-14(19)17(13)11-4-2-1-3-5-11/h6-9,11,18H,1-5H2,(H,16,19). The Kier molecular flexibility index (Phi) is 3.38. The fraction of sp³-hybridized carbons (Fsp3) is 0.429. The molecule has 0 spiro atoms. The molecule has 1 aliphatic rings. The van der Waals surface area contributed by atoms with Crippen LogP contribution in [0.1, 0.15) is 38.1 Å². The van der Waals surface area contributed by atoms with Crippen LogP contribution >= 0.6 is 12.2 Å². The lowest BCUT2D eigenvalue weighted by molar-refractivity contribution is 0.352. The zero-order valence-electron chi connectivity index (χ0n) is 10.7. The second-order valence-electron chi connectivity index (χ2n) is 5.06. The number of nitrogens with zero attached hydrogens (tertiary/aromatic N) is 2. The minimum Gasteiger partial charge on any atom is -0.508 e. The molecule has 1 saturated carbocycles. The van der Waals surface area contributed by atoms with Crippen LogP contribution in [0.25, 0.3) is 11.4 Å². The molecule has 1 heterocycles. The Morgan fingerprint density at radius 2 is 1.84 bits per heavy atom. The molecule has 0 aliphatic heterocycles. The van der Waals surface area contributed by atoms with Gasteiger partial charge in [0.05, 0.1) is 0 Å². The Balaban J connectivity index is 2.02. The predicted octanol–water partition coefficient (Wildman–Crippen LogP) is 3.82. The minimum absolute atomic E-state index is 0.266. The Morgan fingerprint density at radius 1 is 1.16 bits per heavy atom. The molecular formula is C14H17N3OS. The lowest BCUT2D eigenvalue weighted by Gasteiger charge is -2.24. The fourth-order valence-electron chi connectivity index (χ4n) is 2.80. The third kappa shape index (κ3) is 2.42. The zero-order valence-corrected chi connectivity index (χ0v) is 11.5. The number of phenols is 1.